The van der Waals surface area contributed by atoms with Gasteiger partial charge in [0.2, 0.25) is 0 Å². The van der Waals surface area contributed by atoms with Gasteiger partial charge in [-0.25, -0.2) is 0 Å². The van der Waals surface area contributed by atoms with Gasteiger partial charge in [0, 0.05) is 17.6 Å². The third-order valence-electron chi connectivity index (χ3n) is 2.34. The van der Waals surface area contributed by atoms with Crippen molar-refractivity contribution in [3.63, 3.8) is 0 Å². The molecular weight excluding hydrogens is 190 g/mol. The molecule has 0 aliphatic carbocycles. The van der Waals surface area contributed by atoms with Gasteiger partial charge in [-0.2, -0.15) is 0 Å². The van der Waals surface area contributed by atoms with Crippen LogP contribution >= 0.6 is 0 Å². The van der Waals surface area contributed by atoms with E-state index in [1.807, 2.05) is 13.8 Å². The Labute approximate surface area is 90.1 Å². The van der Waals surface area contributed by atoms with Crippen LogP contribution in [0.4, 0.5) is 0 Å². The van der Waals surface area contributed by atoms with Gasteiger partial charge in [0.25, 0.3) is 0 Å². The van der Waals surface area contributed by atoms with Crippen molar-refractivity contribution in [3.05, 3.63) is 36.4 Å². The van der Waals surface area contributed by atoms with E-state index in [4.69, 9.17) is 0 Å². The molecular formula is C12H17NO2. The van der Waals surface area contributed by atoms with Gasteiger partial charge in [0.15, 0.2) is 0 Å². The highest BCUT2D eigenvalue weighted by Gasteiger charge is 2.12. The number of hydrogen-bond donors (Lipinski definition) is 3. The van der Waals surface area contributed by atoms with E-state index in [9.17, 15) is 10.2 Å². The molecule has 1 rings (SSSR count). The lowest BCUT2D eigenvalue weighted by molar-refractivity contribution is 0.437. The predicted molar refractivity (Wildman–Crippen MR) is 61.0 cm³/mol. The summed E-state index contributed by atoms with van der Waals surface area (Å²) in [7, 11) is 0. The number of phenols is 2. The first-order chi connectivity index (χ1) is 7.04. The molecule has 0 aliphatic rings. The molecule has 0 aliphatic heterocycles. The lowest BCUT2D eigenvalue weighted by atomic mass is 10.1. The lowest BCUT2D eigenvalue weighted by Gasteiger charge is -2.18. The van der Waals surface area contributed by atoms with Gasteiger partial charge in [-0.1, -0.05) is 6.08 Å². The van der Waals surface area contributed by atoms with Crippen LogP contribution in [-0.2, 0) is 0 Å². The topological polar surface area (TPSA) is 52.5 Å². The van der Waals surface area contributed by atoms with Crippen molar-refractivity contribution >= 4 is 0 Å². The van der Waals surface area contributed by atoms with E-state index in [2.05, 4.69) is 11.9 Å². The zero-order valence-electron chi connectivity index (χ0n) is 9.07. The van der Waals surface area contributed by atoms with E-state index in [-0.39, 0.29) is 23.6 Å². The van der Waals surface area contributed by atoms with Crippen LogP contribution in [0, 0.1) is 0 Å². The average Bonchev–Trinajstić information content (AvgIpc) is 2.21. The summed E-state index contributed by atoms with van der Waals surface area (Å²) in [4.78, 5) is 0. The van der Waals surface area contributed by atoms with Crippen LogP contribution < -0.4 is 5.32 Å². The second-order valence-electron chi connectivity index (χ2n) is 3.66. The minimum absolute atomic E-state index is 0.0369. The summed E-state index contributed by atoms with van der Waals surface area (Å²) in [5, 5.41) is 22.2. The zero-order chi connectivity index (χ0) is 11.4. The Kier molecular flexibility index (Phi) is 3.74. The summed E-state index contributed by atoms with van der Waals surface area (Å²) >= 11 is 0. The molecule has 2 unspecified atom stereocenters. The minimum Gasteiger partial charge on any atom is -0.508 e. The highest BCUT2D eigenvalue weighted by molar-refractivity contribution is 5.40. The van der Waals surface area contributed by atoms with Crippen LogP contribution in [0.3, 0.4) is 0 Å². The highest BCUT2D eigenvalue weighted by atomic mass is 16.3. The third kappa shape index (κ3) is 2.99. The van der Waals surface area contributed by atoms with E-state index in [1.54, 1.807) is 12.1 Å². The molecule has 0 saturated heterocycles. The van der Waals surface area contributed by atoms with Crippen molar-refractivity contribution in [2.75, 3.05) is 0 Å². The molecule has 0 fully saturated rings. The molecule has 15 heavy (non-hydrogen) atoms. The van der Waals surface area contributed by atoms with E-state index in [1.165, 1.54) is 12.1 Å². The van der Waals surface area contributed by atoms with Crippen molar-refractivity contribution in [1.82, 2.24) is 5.32 Å². The van der Waals surface area contributed by atoms with Gasteiger partial charge in [-0.3, -0.25) is 0 Å². The first-order valence-corrected chi connectivity index (χ1v) is 4.95. The number of rotatable bonds is 4. The maximum absolute atomic E-state index is 9.61. The van der Waals surface area contributed by atoms with Crippen molar-refractivity contribution in [2.24, 2.45) is 0 Å². The molecule has 0 aromatic heterocycles. The monoisotopic (exact) mass is 207 g/mol. The maximum Gasteiger partial charge on any atom is 0.120 e. The molecule has 2 atom stereocenters. The first kappa shape index (κ1) is 11.6. The van der Waals surface area contributed by atoms with Crippen LogP contribution in [0.1, 0.15) is 25.5 Å². The fourth-order valence-electron chi connectivity index (χ4n) is 1.44. The van der Waals surface area contributed by atoms with Crippen molar-refractivity contribution in [3.8, 4) is 11.5 Å². The number of aromatic hydroxyl groups is 2. The van der Waals surface area contributed by atoms with Gasteiger partial charge >= 0.3 is 0 Å². The predicted octanol–water partition coefficient (Wildman–Crippen LogP) is 2.32. The van der Waals surface area contributed by atoms with E-state index in [0.29, 0.717) is 5.56 Å². The normalized spacial score (nSPS) is 14.5. The Balaban J connectivity index is 2.85. The summed E-state index contributed by atoms with van der Waals surface area (Å²) in [6.45, 7) is 7.57. The number of nitrogens with one attached hydrogen (secondary N) is 1. The molecule has 0 amide bonds. The van der Waals surface area contributed by atoms with Crippen molar-refractivity contribution in [1.29, 1.82) is 0 Å². The van der Waals surface area contributed by atoms with Crippen LogP contribution in [0.2, 0.25) is 0 Å². The molecule has 3 heteroatoms. The van der Waals surface area contributed by atoms with Crippen LogP contribution in [0.25, 0.3) is 0 Å². The molecule has 0 spiro atoms. The largest absolute Gasteiger partial charge is 0.508 e. The van der Waals surface area contributed by atoms with Crippen LogP contribution in [0.15, 0.2) is 30.9 Å². The van der Waals surface area contributed by atoms with Gasteiger partial charge in [-0.05, 0) is 32.0 Å². The molecule has 82 valence electrons. The Morgan fingerprint density at radius 3 is 2.60 bits per heavy atom. The number of phenolic OH excluding ortho intramolecular Hbond substituents is 2. The molecule has 0 radical (unpaired) electrons. The third-order valence-corrected chi connectivity index (χ3v) is 2.34. The minimum atomic E-state index is -0.0369. The fourth-order valence-corrected chi connectivity index (χ4v) is 1.44. The Morgan fingerprint density at radius 2 is 2.00 bits per heavy atom. The smallest absolute Gasteiger partial charge is 0.120 e. The lowest BCUT2D eigenvalue weighted by Crippen LogP contribution is -2.26. The van der Waals surface area contributed by atoms with Crippen molar-refractivity contribution < 1.29 is 10.2 Å². The zero-order valence-corrected chi connectivity index (χ0v) is 9.07. The molecule has 0 saturated carbocycles. The second kappa shape index (κ2) is 4.84. The van der Waals surface area contributed by atoms with E-state index in [0.717, 1.165) is 0 Å². The van der Waals surface area contributed by atoms with Crippen molar-refractivity contribution in [2.45, 2.75) is 25.9 Å². The SMILES string of the molecule is C=CC(C)NC(C)c1cc(O)ccc1O. The van der Waals surface area contributed by atoms with Gasteiger partial charge in [0.1, 0.15) is 11.5 Å². The quantitative estimate of drug-likeness (QED) is 0.524. The summed E-state index contributed by atoms with van der Waals surface area (Å²) in [5.74, 6) is 0.340. The fraction of sp³-hybridized carbons (Fsp3) is 0.333. The molecule has 0 heterocycles. The maximum atomic E-state index is 9.61. The van der Waals surface area contributed by atoms with E-state index >= 15 is 0 Å². The molecule has 1 aromatic carbocycles. The highest BCUT2D eigenvalue weighted by Crippen LogP contribution is 2.27. The Hall–Kier alpha value is -1.48. The second-order valence-corrected chi connectivity index (χ2v) is 3.66. The standard InChI is InChI=1S/C12H17NO2/c1-4-8(2)13-9(3)11-7-10(14)5-6-12(11)15/h4-9,13-15H,1H2,2-3H3. The Bertz CT molecular complexity index is 349. The summed E-state index contributed by atoms with van der Waals surface area (Å²) in [6.07, 6.45) is 1.79. The first-order valence-electron chi connectivity index (χ1n) is 4.95. The Morgan fingerprint density at radius 1 is 1.33 bits per heavy atom. The summed E-state index contributed by atoms with van der Waals surface area (Å²) in [6, 6.07) is 4.62. The van der Waals surface area contributed by atoms with Gasteiger partial charge in [-0.15, -0.1) is 6.58 Å². The van der Waals surface area contributed by atoms with Gasteiger partial charge in [0.05, 0.1) is 0 Å². The van der Waals surface area contributed by atoms with E-state index < -0.39 is 0 Å². The van der Waals surface area contributed by atoms with Crippen LogP contribution in [0.5, 0.6) is 11.5 Å². The number of hydrogen-bond acceptors (Lipinski definition) is 3. The average molecular weight is 207 g/mol. The summed E-state index contributed by atoms with van der Waals surface area (Å²) < 4.78 is 0. The molecule has 1 aromatic rings. The molecule has 3 nitrogen and oxygen atoms in total. The molecule has 3 N–H and O–H groups in total. The molecule has 0 bridgehead atoms. The van der Waals surface area contributed by atoms with Crippen LogP contribution in [-0.4, -0.2) is 16.3 Å². The summed E-state index contributed by atoms with van der Waals surface area (Å²) in [5.41, 5.74) is 0.684. The number of benzene rings is 1. The van der Waals surface area contributed by atoms with Gasteiger partial charge < -0.3 is 15.5 Å².